The molecule has 3 N–H and O–H groups in total. The molecule has 0 amide bonds. The SMILES string of the molecule is CC(N)(CCO)c1cc(I)ccc1Cl. The standard InChI is InChI=1S/C10H13ClINO/c1-10(13,4-5-14)8-6-7(12)2-3-9(8)11/h2-3,6,14H,4-5,13H2,1H3. The number of rotatable bonds is 3. The maximum atomic E-state index is 8.90. The van der Waals surface area contributed by atoms with Crippen molar-refractivity contribution < 1.29 is 5.11 Å². The molecule has 1 unspecified atom stereocenters. The minimum atomic E-state index is -0.562. The van der Waals surface area contributed by atoms with E-state index in [1.165, 1.54) is 0 Å². The molecule has 0 bridgehead atoms. The number of hydrogen-bond acceptors (Lipinski definition) is 2. The Bertz CT molecular complexity index is 328. The summed E-state index contributed by atoms with van der Waals surface area (Å²) in [5, 5.41) is 9.55. The molecule has 0 spiro atoms. The minimum absolute atomic E-state index is 0.0643. The van der Waals surface area contributed by atoms with Gasteiger partial charge in [0, 0.05) is 20.7 Å². The van der Waals surface area contributed by atoms with Crippen LogP contribution < -0.4 is 5.73 Å². The van der Waals surface area contributed by atoms with Crippen LogP contribution in [0.2, 0.25) is 5.02 Å². The lowest BCUT2D eigenvalue weighted by atomic mass is 9.90. The van der Waals surface area contributed by atoms with Crippen LogP contribution in [0.1, 0.15) is 18.9 Å². The summed E-state index contributed by atoms with van der Waals surface area (Å²) in [6.45, 7) is 1.94. The summed E-state index contributed by atoms with van der Waals surface area (Å²) < 4.78 is 1.09. The molecule has 0 saturated heterocycles. The summed E-state index contributed by atoms with van der Waals surface area (Å²) in [6.07, 6.45) is 0.507. The van der Waals surface area contributed by atoms with Crippen LogP contribution >= 0.6 is 34.2 Å². The summed E-state index contributed by atoms with van der Waals surface area (Å²) in [6, 6.07) is 5.72. The zero-order valence-electron chi connectivity index (χ0n) is 7.93. The average molecular weight is 326 g/mol. The van der Waals surface area contributed by atoms with Gasteiger partial charge in [-0.1, -0.05) is 11.6 Å². The van der Waals surface area contributed by atoms with Gasteiger partial charge in [0.05, 0.1) is 0 Å². The molecule has 1 rings (SSSR count). The van der Waals surface area contributed by atoms with Crippen molar-refractivity contribution >= 4 is 34.2 Å². The first-order chi connectivity index (χ1) is 6.47. The fourth-order valence-electron chi connectivity index (χ4n) is 1.30. The lowest BCUT2D eigenvalue weighted by Crippen LogP contribution is -2.34. The molecule has 0 aliphatic heterocycles. The predicted molar refractivity (Wildman–Crippen MR) is 67.4 cm³/mol. The molecule has 0 aliphatic carbocycles. The molecule has 0 radical (unpaired) electrons. The van der Waals surface area contributed by atoms with Crippen LogP contribution in [0.25, 0.3) is 0 Å². The van der Waals surface area contributed by atoms with Crippen LogP contribution in [0, 0.1) is 3.57 Å². The Morgan fingerprint density at radius 3 is 2.79 bits per heavy atom. The zero-order valence-corrected chi connectivity index (χ0v) is 10.8. The summed E-state index contributed by atoms with van der Waals surface area (Å²) in [5.74, 6) is 0. The monoisotopic (exact) mass is 325 g/mol. The fourth-order valence-corrected chi connectivity index (χ4v) is 2.13. The second-order valence-electron chi connectivity index (χ2n) is 3.52. The van der Waals surface area contributed by atoms with Gasteiger partial charge in [0.1, 0.15) is 0 Å². The van der Waals surface area contributed by atoms with Crippen LogP contribution in [-0.4, -0.2) is 11.7 Å². The van der Waals surface area contributed by atoms with Crippen molar-refractivity contribution in [2.75, 3.05) is 6.61 Å². The highest BCUT2D eigenvalue weighted by Gasteiger charge is 2.23. The van der Waals surface area contributed by atoms with Gasteiger partial charge in [-0.25, -0.2) is 0 Å². The van der Waals surface area contributed by atoms with Crippen molar-refractivity contribution in [3.8, 4) is 0 Å². The Kier molecular flexibility index (Phi) is 4.18. The highest BCUT2D eigenvalue weighted by molar-refractivity contribution is 14.1. The maximum absolute atomic E-state index is 8.90. The molecule has 1 atom stereocenters. The molecule has 1 aromatic carbocycles. The van der Waals surface area contributed by atoms with E-state index in [1.807, 2.05) is 25.1 Å². The topological polar surface area (TPSA) is 46.2 Å². The fraction of sp³-hybridized carbons (Fsp3) is 0.400. The molecule has 0 aromatic heterocycles. The van der Waals surface area contributed by atoms with E-state index in [0.29, 0.717) is 11.4 Å². The Balaban J connectivity index is 3.10. The van der Waals surface area contributed by atoms with E-state index >= 15 is 0 Å². The van der Waals surface area contributed by atoms with Crippen LogP contribution in [0.4, 0.5) is 0 Å². The van der Waals surface area contributed by atoms with E-state index < -0.39 is 5.54 Å². The first kappa shape index (κ1) is 12.2. The van der Waals surface area contributed by atoms with Crippen LogP contribution in [-0.2, 0) is 5.54 Å². The normalized spacial score (nSPS) is 15.2. The largest absolute Gasteiger partial charge is 0.396 e. The first-order valence-corrected chi connectivity index (χ1v) is 5.78. The Morgan fingerprint density at radius 2 is 2.21 bits per heavy atom. The predicted octanol–water partition coefficient (Wildman–Crippen LogP) is 2.50. The first-order valence-electron chi connectivity index (χ1n) is 4.32. The second-order valence-corrected chi connectivity index (χ2v) is 5.17. The molecule has 0 saturated carbocycles. The molecule has 0 heterocycles. The molecular formula is C10H13ClINO. The lowest BCUT2D eigenvalue weighted by molar-refractivity contribution is 0.247. The number of benzene rings is 1. The van der Waals surface area contributed by atoms with Crippen molar-refractivity contribution in [1.82, 2.24) is 0 Å². The van der Waals surface area contributed by atoms with Gasteiger partial charge in [-0.05, 0) is 59.7 Å². The zero-order chi connectivity index (χ0) is 10.8. The van der Waals surface area contributed by atoms with Crippen molar-refractivity contribution in [1.29, 1.82) is 0 Å². The highest BCUT2D eigenvalue weighted by atomic mass is 127. The Morgan fingerprint density at radius 1 is 1.57 bits per heavy atom. The highest BCUT2D eigenvalue weighted by Crippen LogP contribution is 2.29. The molecular weight excluding hydrogens is 312 g/mol. The van der Waals surface area contributed by atoms with Gasteiger partial charge in [0.15, 0.2) is 0 Å². The summed E-state index contributed by atoms with van der Waals surface area (Å²) in [4.78, 5) is 0. The Labute approximate surface area is 103 Å². The lowest BCUT2D eigenvalue weighted by Gasteiger charge is -2.25. The minimum Gasteiger partial charge on any atom is -0.396 e. The van der Waals surface area contributed by atoms with E-state index in [9.17, 15) is 0 Å². The summed E-state index contributed by atoms with van der Waals surface area (Å²) in [5.41, 5.74) is 6.40. The van der Waals surface area contributed by atoms with E-state index in [4.69, 9.17) is 22.4 Å². The van der Waals surface area contributed by atoms with E-state index in [1.54, 1.807) is 0 Å². The molecule has 0 fully saturated rings. The van der Waals surface area contributed by atoms with Gasteiger partial charge >= 0.3 is 0 Å². The van der Waals surface area contributed by atoms with Gasteiger partial charge in [-0.2, -0.15) is 0 Å². The third-order valence-electron chi connectivity index (χ3n) is 2.17. The van der Waals surface area contributed by atoms with Crippen LogP contribution in [0.5, 0.6) is 0 Å². The maximum Gasteiger partial charge on any atom is 0.0457 e. The van der Waals surface area contributed by atoms with Gasteiger partial charge < -0.3 is 10.8 Å². The van der Waals surface area contributed by atoms with Crippen molar-refractivity contribution in [3.05, 3.63) is 32.4 Å². The number of aliphatic hydroxyl groups excluding tert-OH is 1. The number of hydrogen-bond donors (Lipinski definition) is 2. The Hall–Kier alpha value is 0.160. The molecule has 78 valence electrons. The smallest absolute Gasteiger partial charge is 0.0457 e. The van der Waals surface area contributed by atoms with Crippen molar-refractivity contribution in [2.45, 2.75) is 18.9 Å². The van der Waals surface area contributed by atoms with E-state index in [2.05, 4.69) is 22.6 Å². The average Bonchev–Trinajstić information content (AvgIpc) is 2.09. The third-order valence-corrected chi connectivity index (χ3v) is 3.18. The quantitative estimate of drug-likeness (QED) is 0.839. The molecule has 4 heteroatoms. The second kappa shape index (κ2) is 4.79. The molecule has 0 aliphatic rings. The van der Waals surface area contributed by atoms with Crippen molar-refractivity contribution in [2.24, 2.45) is 5.73 Å². The van der Waals surface area contributed by atoms with Crippen molar-refractivity contribution in [3.63, 3.8) is 0 Å². The third kappa shape index (κ3) is 2.82. The van der Waals surface area contributed by atoms with Gasteiger partial charge in [-0.3, -0.25) is 0 Å². The number of halogens is 2. The van der Waals surface area contributed by atoms with E-state index in [-0.39, 0.29) is 6.61 Å². The van der Waals surface area contributed by atoms with Crippen LogP contribution in [0.15, 0.2) is 18.2 Å². The summed E-state index contributed by atoms with van der Waals surface area (Å²) >= 11 is 8.27. The molecule has 1 aromatic rings. The number of nitrogens with two attached hydrogens (primary N) is 1. The van der Waals surface area contributed by atoms with Gasteiger partial charge in [0.2, 0.25) is 0 Å². The van der Waals surface area contributed by atoms with Gasteiger partial charge in [-0.15, -0.1) is 0 Å². The van der Waals surface area contributed by atoms with Crippen LogP contribution in [0.3, 0.4) is 0 Å². The van der Waals surface area contributed by atoms with Gasteiger partial charge in [0.25, 0.3) is 0 Å². The summed E-state index contributed by atoms with van der Waals surface area (Å²) in [7, 11) is 0. The molecule has 14 heavy (non-hydrogen) atoms. The van der Waals surface area contributed by atoms with E-state index in [0.717, 1.165) is 9.13 Å². The molecule has 2 nitrogen and oxygen atoms in total. The number of aliphatic hydroxyl groups is 1.